The van der Waals surface area contributed by atoms with Gasteiger partial charge in [0.2, 0.25) is 0 Å². The highest BCUT2D eigenvalue weighted by molar-refractivity contribution is 7.82. The molecular formula is C3H4N2OS. The molecule has 0 fully saturated rings. The van der Waals surface area contributed by atoms with Crippen LogP contribution in [0.3, 0.4) is 0 Å². The normalized spacial score (nSPS) is 20.6. The van der Waals surface area contributed by atoms with E-state index in [1.807, 2.05) is 0 Å². The first-order chi connectivity index (χ1) is 3.39. The van der Waals surface area contributed by atoms with E-state index in [0.717, 1.165) is 0 Å². The summed E-state index contributed by atoms with van der Waals surface area (Å²) in [5, 5.41) is 0. The second-order valence-corrected chi connectivity index (χ2v) is 1.93. The fourth-order valence-corrected chi connectivity index (χ4v) is 0.770. The summed E-state index contributed by atoms with van der Waals surface area (Å²) in [7, 11) is 0. The second-order valence-electron chi connectivity index (χ2n) is 1.04. The van der Waals surface area contributed by atoms with Crippen LogP contribution >= 0.6 is 0 Å². The highest BCUT2D eigenvalue weighted by Gasteiger charge is 1.89. The standard InChI is InChI=1S/C3H4N2OS/c6-7-4-2-1-3-5-7/h2-3H,1H2. The summed E-state index contributed by atoms with van der Waals surface area (Å²) in [4.78, 5) is 0. The number of hydrogen-bond acceptors (Lipinski definition) is 1. The monoisotopic (exact) mass is 116 g/mol. The summed E-state index contributed by atoms with van der Waals surface area (Å²) < 4.78 is 17.1. The Morgan fingerprint density at radius 3 is 2.29 bits per heavy atom. The molecule has 0 aromatic carbocycles. The van der Waals surface area contributed by atoms with E-state index < -0.39 is 11.2 Å². The topological polar surface area (TPSA) is 41.8 Å². The van der Waals surface area contributed by atoms with Gasteiger partial charge in [-0.2, -0.15) is 8.80 Å². The summed E-state index contributed by atoms with van der Waals surface area (Å²) in [6.45, 7) is 0. The van der Waals surface area contributed by atoms with Crippen LogP contribution in [0.5, 0.6) is 0 Å². The zero-order valence-electron chi connectivity index (χ0n) is 3.57. The van der Waals surface area contributed by atoms with Crippen LogP contribution in [0.25, 0.3) is 0 Å². The summed E-state index contributed by atoms with van der Waals surface area (Å²) in [5.41, 5.74) is 0. The Hall–Kier alpha value is -0.510. The Morgan fingerprint density at radius 2 is 2.00 bits per heavy atom. The maximum atomic E-state index is 10.2. The van der Waals surface area contributed by atoms with E-state index in [9.17, 15) is 4.21 Å². The summed E-state index contributed by atoms with van der Waals surface area (Å²) in [5.74, 6) is 0. The first-order valence-electron chi connectivity index (χ1n) is 1.86. The summed E-state index contributed by atoms with van der Waals surface area (Å²) >= 11 is -1.30. The van der Waals surface area contributed by atoms with Crippen molar-refractivity contribution >= 4 is 23.6 Å². The molecule has 1 rings (SSSR count). The molecular weight excluding hydrogens is 112 g/mol. The quantitative estimate of drug-likeness (QED) is 0.443. The van der Waals surface area contributed by atoms with Crippen molar-refractivity contribution in [2.75, 3.05) is 0 Å². The van der Waals surface area contributed by atoms with Crippen LogP contribution in [0.15, 0.2) is 8.80 Å². The largest absolute Gasteiger partial charge is 0.264 e. The van der Waals surface area contributed by atoms with Crippen molar-refractivity contribution < 1.29 is 4.21 Å². The molecule has 0 N–H and O–H groups in total. The van der Waals surface area contributed by atoms with E-state index >= 15 is 0 Å². The minimum atomic E-state index is -1.30. The molecule has 0 saturated heterocycles. The lowest BCUT2D eigenvalue weighted by Gasteiger charge is -1.87. The van der Waals surface area contributed by atoms with Crippen molar-refractivity contribution in [3.05, 3.63) is 0 Å². The van der Waals surface area contributed by atoms with Gasteiger partial charge in [0.05, 0.1) is 0 Å². The minimum Gasteiger partial charge on any atom is -0.209 e. The molecule has 1 heterocycles. The predicted octanol–water partition coefficient (Wildman–Crippen LogP) is 0.110. The first-order valence-corrected chi connectivity index (χ1v) is 2.93. The SMILES string of the molecule is O=S1N=CCC=N1. The molecule has 1 aliphatic heterocycles. The molecule has 0 aromatic heterocycles. The van der Waals surface area contributed by atoms with Gasteiger partial charge < -0.3 is 0 Å². The van der Waals surface area contributed by atoms with Crippen LogP contribution < -0.4 is 0 Å². The lowest BCUT2D eigenvalue weighted by Crippen LogP contribution is -1.89. The van der Waals surface area contributed by atoms with E-state index in [-0.39, 0.29) is 0 Å². The van der Waals surface area contributed by atoms with Crippen molar-refractivity contribution in [3.63, 3.8) is 0 Å². The fraction of sp³-hybridized carbons (Fsp3) is 0.333. The predicted molar refractivity (Wildman–Crippen MR) is 29.7 cm³/mol. The first kappa shape index (κ1) is 4.64. The van der Waals surface area contributed by atoms with Gasteiger partial charge in [-0.15, -0.1) is 0 Å². The molecule has 0 atom stereocenters. The number of hydrogen-bond donors (Lipinski definition) is 0. The molecule has 7 heavy (non-hydrogen) atoms. The molecule has 4 heteroatoms. The minimum absolute atomic E-state index is 0.714. The molecule has 0 aromatic rings. The lowest BCUT2D eigenvalue weighted by atomic mass is 10.5. The van der Waals surface area contributed by atoms with Gasteiger partial charge in [0.15, 0.2) is 0 Å². The molecule has 0 radical (unpaired) electrons. The highest BCUT2D eigenvalue weighted by Crippen LogP contribution is 1.89. The van der Waals surface area contributed by atoms with Crippen molar-refractivity contribution in [1.82, 2.24) is 0 Å². The van der Waals surface area contributed by atoms with Gasteiger partial charge in [-0.25, -0.2) is 4.21 Å². The molecule has 1 aliphatic rings. The Balaban J connectivity index is 2.66. The molecule has 0 amide bonds. The Morgan fingerprint density at radius 1 is 1.43 bits per heavy atom. The van der Waals surface area contributed by atoms with Crippen molar-refractivity contribution in [2.45, 2.75) is 6.42 Å². The van der Waals surface area contributed by atoms with Crippen molar-refractivity contribution in [1.29, 1.82) is 0 Å². The second kappa shape index (κ2) is 1.97. The molecule has 0 unspecified atom stereocenters. The third kappa shape index (κ3) is 1.19. The van der Waals surface area contributed by atoms with Crippen LogP contribution in [-0.2, 0) is 11.2 Å². The highest BCUT2D eigenvalue weighted by atomic mass is 32.2. The zero-order chi connectivity index (χ0) is 5.11. The van der Waals surface area contributed by atoms with Crippen LogP contribution in [0, 0.1) is 0 Å². The van der Waals surface area contributed by atoms with Crippen LogP contribution in [0.2, 0.25) is 0 Å². The Bertz CT molecular complexity index is 126. The van der Waals surface area contributed by atoms with Gasteiger partial charge in [0, 0.05) is 18.9 Å². The van der Waals surface area contributed by atoms with Gasteiger partial charge >= 0.3 is 0 Å². The smallest absolute Gasteiger partial charge is 0.209 e. The van der Waals surface area contributed by atoms with E-state index in [1.54, 1.807) is 12.4 Å². The number of rotatable bonds is 0. The van der Waals surface area contributed by atoms with Gasteiger partial charge in [-0.05, 0) is 0 Å². The van der Waals surface area contributed by atoms with E-state index in [2.05, 4.69) is 8.80 Å². The third-order valence-electron chi connectivity index (χ3n) is 0.540. The molecule has 3 nitrogen and oxygen atoms in total. The van der Waals surface area contributed by atoms with E-state index in [0.29, 0.717) is 6.42 Å². The average Bonchev–Trinajstić information content (AvgIpc) is 1.69. The molecule has 0 aliphatic carbocycles. The van der Waals surface area contributed by atoms with Gasteiger partial charge in [0.1, 0.15) is 0 Å². The molecule has 0 bridgehead atoms. The Labute approximate surface area is 43.9 Å². The molecule has 38 valence electrons. The van der Waals surface area contributed by atoms with E-state index in [1.165, 1.54) is 0 Å². The van der Waals surface area contributed by atoms with Crippen LogP contribution in [0.4, 0.5) is 0 Å². The maximum absolute atomic E-state index is 10.2. The Kier molecular flexibility index (Phi) is 1.31. The van der Waals surface area contributed by atoms with Gasteiger partial charge in [-0.1, -0.05) is 0 Å². The number of nitrogens with zero attached hydrogens (tertiary/aromatic N) is 2. The summed E-state index contributed by atoms with van der Waals surface area (Å²) in [6.07, 6.45) is 3.89. The van der Waals surface area contributed by atoms with Crippen molar-refractivity contribution in [2.24, 2.45) is 8.80 Å². The molecule has 0 saturated carbocycles. The maximum Gasteiger partial charge on any atom is 0.264 e. The average molecular weight is 116 g/mol. The fourth-order valence-electron chi connectivity index (χ4n) is 0.288. The summed E-state index contributed by atoms with van der Waals surface area (Å²) in [6, 6.07) is 0. The molecule has 0 spiro atoms. The third-order valence-corrected chi connectivity index (χ3v) is 1.20. The lowest BCUT2D eigenvalue weighted by molar-refractivity contribution is 0.685. The van der Waals surface area contributed by atoms with E-state index in [4.69, 9.17) is 0 Å². The van der Waals surface area contributed by atoms with Crippen molar-refractivity contribution in [3.8, 4) is 0 Å². The zero-order valence-corrected chi connectivity index (χ0v) is 4.39. The van der Waals surface area contributed by atoms with Crippen LogP contribution in [0.1, 0.15) is 6.42 Å². The van der Waals surface area contributed by atoms with Crippen LogP contribution in [-0.4, -0.2) is 16.6 Å². The van der Waals surface area contributed by atoms with Gasteiger partial charge in [0.25, 0.3) is 11.2 Å². The van der Waals surface area contributed by atoms with Gasteiger partial charge in [-0.3, -0.25) is 0 Å².